The van der Waals surface area contributed by atoms with Crippen LogP contribution in [0.3, 0.4) is 0 Å². The third-order valence-electron chi connectivity index (χ3n) is 3.55. The first-order chi connectivity index (χ1) is 9.79. The standard InChI is InChI=1S/C14H16N4O2/c19-10-11-5-3-4-8-17(11)14(20)9-18-13-7-2-1-6-12(13)15-16-18/h1-4,6-7,11,19H,5,8-10H2. The SMILES string of the molecule is O=C(Cn1nnc2ccccc21)N1CC=CCC1CO. The quantitative estimate of drug-likeness (QED) is 0.830. The molecule has 0 aliphatic carbocycles. The average Bonchev–Trinajstić information content (AvgIpc) is 2.90. The van der Waals surface area contributed by atoms with Gasteiger partial charge in [0.1, 0.15) is 12.1 Å². The van der Waals surface area contributed by atoms with Crippen LogP contribution in [0.4, 0.5) is 0 Å². The third-order valence-corrected chi connectivity index (χ3v) is 3.55. The lowest BCUT2D eigenvalue weighted by Crippen LogP contribution is -2.45. The molecular weight excluding hydrogens is 256 g/mol. The Morgan fingerprint density at radius 1 is 1.35 bits per heavy atom. The van der Waals surface area contributed by atoms with Gasteiger partial charge < -0.3 is 10.0 Å². The van der Waals surface area contributed by atoms with Crippen LogP contribution in [0.1, 0.15) is 6.42 Å². The highest BCUT2D eigenvalue weighted by atomic mass is 16.3. The van der Waals surface area contributed by atoms with Crippen molar-refractivity contribution in [2.75, 3.05) is 13.2 Å². The second-order valence-corrected chi connectivity index (χ2v) is 4.83. The Balaban J connectivity index is 1.80. The molecule has 6 nitrogen and oxygen atoms in total. The molecule has 2 heterocycles. The molecule has 1 N–H and O–H groups in total. The summed E-state index contributed by atoms with van der Waals surface area (Å²) in [6.45, 7) is 0.662. The van der Waals surface area contributed by atoms with E-state index in [-0.39, 0.29) is 25.1 Å². The first kappa shape index (κ1) is 12.8. The second-order valence-electron chi connectivity index (χ2n) is 4.83. The number of fused-ring (bicyclic) bond motifs is 1. The Kier molecular flexibility index (Phi) is 3.47. The topological polar surface area (TPSA) is 71.2 Å². The zero-order valence-corrected chi connectivity index (χ0v) is 11.0. The van der Waals surface area contributed by atoms with Crippen molar-refractivity contribution in [1.29, 1.82) is 0 Å². The Hall–Kier alpha value is -2.21. The van der Waals surface area contributed by atoms with Crippen LogP contribution in [0.5, 0.6) is 0 Å². The molecular formula is C14H16N4O2. The fraction of sp³-hybridized carbons (Fsp3) is 0.357. The number of rotatable bonds is 3. The molecule has 0 radical (unpaired) electrons. The molecule has 1 aliphatic rings. The average molecular weight is 272 g/mol. The van der Waals surface area contributed by atoms with E-state index in [2.05, 4.69) is 10.3 Å². The van der Waals surface area contributed by atoms with E-state index >= 15 is 0 Å². The van der Waals surface area contributed by atoms with Gasteiger partial charge in [0.05, 0.1) is 18.2 Å². The predicted molar refractivity (Wildman–Crippen MR) is 73.9 cm³/mol. The van der Waals surface area contributed by atoms with Gasteiger partial charge in [0.15, 0.2) is 0 Å². The number of carbonyl (C=O) groups is 1. The molecule has 0 spiro atoms. The maximum Gasteiger partial charge on any atom is 0.245 e. The molecule has 1 atom stereocenters. The minimum Gasteiger partial charge on any atom is -0.394 e. The van der Waals surface area contributed by atoms with Crippen LogP contribution in [0.2, 0.25) is 0 Å². The van der Waals surface area contributed by atoms with E-state index < -0.39 is 0 Å². The number of para-hydroxylation sites is 1. The zero-order valence-electron chi connectivity index (χ0n) is 11.0. The lowest BCUT2D eigenvalue weighted by molar-refractivity contribution is -0.134. The molecule has 2 aromatic rings. The highest BCUT2D eigenvalue weighted by Gasteiger charge is 2.24. The van der Waals surface area contributed by atoms with Crippen molar-refractivity contribution < 1.29 is 9.90 Å². The van der Waals surface area contributed by atoms with Gasteiger partial charge in [-0.2, -0.15) is 0 Å². The van der Waals surface area contributed by atoms with Gasteiger partial charge in [0.2, 0.25) is 5.91 Å². The van der Waals surface area contributed by atoms with Crippen LogP contribution in [-0.2, 0) is 11.3 Å². The van der Waals surface area contributed by atoms with Crippen molar-refractivity contribution in [2.24, 2.45) is 0 Å². The first-order valence-corrected chi connectivity index (χ1v) is 6.63. The highest BCUT2D eigenvalue weighted by molar-refractivity contribution is 5.80. The fourth-order valence-electron chi connectivity index (χ4n) is 2.45. The van der Waals surface area contributed by atoms with Gasteiger partial charge in [-0.3, -0.25) is 4.79 Å². The number of hydrogen-bond donors (Lipinski definition) is 1. The van der Waals surface area contributed by atoms with Gasteiger partial charge in [0, 0.05) is 6.54 Å². The molecule has 1 aromatic heterocycles. The maximum atomic E-state index is 12.4. The van der Waals surface area contributed by atoms with E-state index in [4.69, 9.17) is 0 Å². The normalized spacial score (nSPS) is 18.6. The molecule has 104 valence electrons. The molecule has 1 unspecified atom stereocenters. The molecule has 20 heavy (non-hydrogen) atoms. The van der Waals surface area contributed by atoms with E-state index in [0.717, 1.165) is 11.0 Å². The summed E-state index contributed by atoms with van der Waals surface area (Å²) in [5.74, 6) is -0.0518. The minimum absolute atomic E-state index is 0.0197. The van der Waals surface area contributed by atoms with Crippen LogP contribution in [0.25, 0.3) is 11.0 Å². The molecule has 0 saturated heterocycles. The molecule has 1 aromatic carbocycles. The Bertz CT molecular complexity index is 649. The molecule has 0 saturated carbocycles. The number of carbonyl (C=O) groups excluding carboxylic acids is 1. The van der Waals surface area contributed by atoms with Gasteiger partial charge in [0.25, 0.3) is 0 Å². The Morgan fingerprint density at radius 3 is 3.05 bits per heavy atom. The number of amides is 1. The van der Waals surface area contributed by atoms with Crippen LogP contribution in [-0.4, -0.2) is 50.1 Å². The van der Waals surface area contributed by atoms with Gasteiger partial charge in [-0.25, -0.2) is 4.68 Å². The van der Waals surface area contributed by atoms with Crippen LogP contribution < -0.4 is 0 Å². The van der Waals surface area contributed by atoms with Gasteiger partial charge in [-0.1, -0.05) is 29.5 Å². The van der Waals surface area contributed by atoms with Gasteiger partial charge in [-0.15, -0.1) is 5.10 Å². The van der Waals surface area contributed by atoms with Crippen molar-refractivity contribution in [2.45, 2.75) is 19.0 Å². The number of aliphatic hydroxyl groups excluding tert-OH is 1. The van der Waals surface area contributed by atoms with Crippen LogP contribution in [0, 0.1) is 0 Å². The Labute approximate surface area is 116 Å². The summed E-state index contributed by atoms with van der Waals surface area (Å²) in [7, 11) is 0. The van der Waals surface area contributed by atoms with Crippen molar-refractivity contribution in [3.63, 3.8) is 0 Å². The van der Waals surface area contributed by atoms with Crippen LogP contribution in [0.15, 0.2) is 36.4 Å². The molecule has 1 aliphatic heterocycles. The molecule has 1 amide bonds. The molecule has 0 bridgehead atoms. The molecule has 6 heteroatoms. The molecule has 3 rings (SSSR count). The summed E-state index contributed by atoms with van der Waals surface area (Å²) < 4.78 is 1.60. The monoisotopic (exact) mass is 272 g/mol. The summed E-state index contributed by atoms with van der Waals surface area (Å²) >= 11 is 0. The Morgan fingerprint density at radius 2 is 2.20 bits per heavy atom. The van der Waals surface area contributed by atoms with Crippen molar-refractivity contribution >= 4 is 16.9 Å². The predicted octanol–water partition coefficient (Wildman–Crippen LogP) is 0.581. The number of aliphatic hydroxyl groups is 1. The highest BCUT2D eigenvalue weighted by Crippen LogP contribution is 2.14. The summed E-state index contributed by atoms with van der Waals surface area (Å²) in [5.41, 5.74) is 1.62. The van der Waals surface area contributed by atoms with Crippen molar-refractivity contribution in [1.82, 2.24) is 19.9 Å². The molecule has 0 fully saturated rings. The lowest BCUT2D eigenvalue weighted by atomic mass is 10.1. The summed E-state index contributed by atoms with van der Waals surface area (Å²) in [4.78, 5) is 14.1. The fourth-order valence-corrected chi connectivity index (χ4v) is 2.45. The number of aromatic nitrogens is 3. The van der Waals surface area contributed by atoms with Crippen molar-refractivity contribution in [3.8, 4) is 0 Å². The summed E-state index contributed by atoms with van der Waals surface area (Å²) in [6.07, 6.45) is 4.64. The number of hydrogen-bond acceptors (Lipinski definition) is 4. The number of benzene rings is 1. The van der Waals surface area contributed by atoms with E-state index in [9.17, 15) is 9.90 Å². The minimum atomic E-state index is -0.137. The largest absolute Gasteiger partial charge is 0.394 e. The van der Waals surface area contributed by atoms with E-state index in [1.165, 1.54) is 0 Å². The van der Waals surface area contributed by atoms with E-state index in [0.29, 0.717) is 13.0 Å². The smallest absolute Gasteiger partial charge is 0.245 e. The lowest BCUT2D eigenvalue weighted by Gasteiger charge is -2.31. The zero-order chi connectivity index (χ0) is 13.9. The number of nitrogens with zero attached hydrogens (tertiary/aromatic N) is 4. The summed E-state index contributed by atoms with van der Waals surface area (Å²) in [6, 6.07) is 7.40. The van der Waals surface area contributed by atoms with E-state index in [1.807, 2.05) is 36.4 Å². The van der Waals surface area contributed by atoms with Crippen molar-refractivity contribution in [3.05, 3.63) is 36.4 Å². The summed E-state index contributed by atoms with van der Waals surface area (Å²) in [5, 5.41) is 17.4. The maximum absolute atomic E-state index is 12.4. The van der Waals surface area contributed by atoms with Gasteiger partial charge >= 0.3 is 0 Å². The first-order valence-electron chi connectivity index (χ1n) is 6.63. The second kappa shape index (κ2) is 5.42. The van der Waals surface area contributed by atoms with E-state index in [1.54, 1.807) is 9.58 Å². The van der Waals surface area contributed by atoms with Crippen LogP contribution >= 0.6 is 0 Å². The third kappa shape index (κ3) is 2.30. The van der Waals surface area contributed by atoms with Gasteiger partial charge in [-0.05, 0) is 18.6 Å².